The van der Waals surface area contributed by atoms with E-state index in [2.05, 4.69) is 29.5 Å². The molecule has 1 aliphatic heterocycles. The maximum atomic E-state index is 14.6. The molecule has 4 rings (SSSR count). The van der Waals surface area contributed by atoms with Crippen molar-refractivity contribution < 1.29 is 28.7 Å². The molecule has 62 heavy (non-hydrogen) atoms. The Balaban J connectivity index is 1.48. The van der Waals surface area contributed by atoms with Gasteiger partial charge >= 0.3 is 0 Å². The third kappa shape index (κ3) is 13.1. The molecule has 0 bridgehead atoms. The summed E-state index contributed by atoms with van der Waals surface area (Å²) in [4.78, 5) is 67.1. The van der Waals surface area contributed by atoms with Crippen molar-refractivity contribution in [1.82, 2.24) is 30.3 Å². The van der Waals surface area contributed by atoms with Gasteiger partial charge in [-0.05, 0) is 67.3 Å². The molecule has 1 fully saturated rings. The number of hydrogen-bond acceptors (Lipinski definition) is 10. The number of hydrogen-bond donors (Lipinski definition) is 3. The Morgan fingerprint density at radius 1 is 0.903 bits per heavy atom. The van der Waals surface area contributed by atoms with E-state index < -0.39 is 36.3 Å². The Kier molecular flexibility index (Phi) is 19.4. The largest absolute Gasteiger partial charge is 0.399 e. The second-order valence-corrected chi connectivity index (χ2v) is 18.7. The predicted octanol–water partition coefficient (Wildman–Crippen LogP) is 6.34. The number of nitrogens with one attached hydrogen (secondary N) is 2. The lowest BCUT2D eigenvalue weighted by atomic mass is 9.89. The number of nitrogens with zero attached hydrogens (tertiary/aromatic N) is 4. The van der Waals surface area contributed by atoms with E-state index in [4.69, 9.17) is 15.2 Å². The average molecular weight is 876 g/mol. The van der Waals surface area contributed by atoms with Crippen molar-refractivity contribution in [2.24, 2.45) is 23.7 Å². The highest BCUT2D eigenvalue weighted by Gasteiger charge is 2.43. The zero-order valence-electron chi connectivity index (χ0n) is 38.9. The van der Waals surface area contributed by atoms with Crippen molar-refractivity contribution in [2.45, 2.75) is 130 Å². The maximum absolute atomic E-state index is 14.6. The van der Waals surface area contributed by atoms with E-state index in [0.717, 1.165) is 29.0 Å². The molecule has 1 aromatic heterocycles. The number of benzene rings is 2. The van der Waals surface area contributed by atoms with E-state index in [9.17, 15) is 19.2 Å². The van der Waals surface area contributed by atoms with Crippen LogP contribution >= 0.6 is 11.3 Å². The Morgan fingerprint density at radius 2 is 1.58 bits per heavy atom. The molecule has 1 aliphatic rings. The molecule has 3 unspecified atom stereocenters. The van der Waals surface area contributed by atoms with Crippen molar-refractivity contribution in [1.29, 1.82) is 0 Å². The number of thiazole rings is 1. The number of likely N-dealkylation sites (tertiary alicyclic amines) is 1. The van der Waals surface area contributed by atoms with Crippen LogP contribution in [0.1, 0.15) is 96.3 Å². The van der Waals surface area contributed by atoms with E-state index in [1.807, 2.05) is 111 Å². The molecule has 9 atom stereocenters. The summed E-state index contributed by atoms with van der Waals surface area (Å²) in [6.07, 6.45) is 3.38. The summed E-state index contributed by atoms with van der Waals surface area (Å²) in [5.74, 6) is -1.59. The van der Waals surface area contributed by atoms with Crippen molar-refractivity contribution in [3.8, 4) is 0 Å². The van der Waals surface area contributed by atoms with E-state index in [1.165, 1.54) is 11.3 Å². The average Bonchev–Trinajstić information content (AvgIpc) is 3.97. The Labute approximate surface area is 374 Å². The lowest BCUT2D eigenvalue weighted by Crippen LogP contribution is -2.60. The minimum Gasteiger partial charge on any atom is -0.399 e. The van der Waals surface area contributed by atoms with Crippen molar-refractivity contribution in [3.05, 3.63) is 82.3 Å². The fourth-order valence-electron chi connectivity index (χ4n) is 9.06. The second-order valence-electron chi connectivity index (χ2n) is 17.8. The number of nitrogens with two attached hydrogens (primary N) is 1. The highest BCUT2D eigenvalue weighted by Crippen LogP contribution is 2.31. The van der Waals surface area contributed by atoms with Crippen LogP contribution in [0.15, 0.2) is 66.2 Å². The molecule has 4 N–H and O–H groups in total. The summed E-state index contributed by atoms with van der Waals surface area (Å²) in [6.45, 7) is 14.9. The molecule has 2 aromatic carbocycles. The van der Waals surface area contributed by atoms with Crippen molar-refractivity contribution >= 4 is 40.7 Å². The summed E-state index contributed by atoms with van der Waals surface area (Å²) in [5.41, 5.74) is 8.70. The van der Waals surface area contributed by atoms with E-state index >= 15 is 0 Å². The second kappa shape index (κ2) is 23.9. The van der Waals surface area contributed by atoms with Crippen molar-refractivity contribution in [3.63, 3.8) is 0 Å². The first-order chi connectivity index (χ1) is 29.5. The first-order valence-electron chi connectivity index (χ1n) is 22.2. The highest BCUT2D eigenvalue weighted by atomic mass is 32.1. The van der Waals surface area contributed by atoms with Crippen LogP contribution in [-0.4, -0.2) is 115 Å². The Bertz CT molecular complexity index is 1850. The molecule has 2 heterocycles. The van der Waals surface area contributed by atoms with Gasteiger partial charge in [-0.2, -0.15) is 0 Å². The van der Waals surface area contributed by atoms with E-state index in [0.29, 0.717) is 31.6 Å². The predicted molar refractivity (Wildman–Crippen MR) is 247 cm³/mol. The first kappa shape index (κ1) is 50.3. The summed E-state index contributed by atoms with van der Waals surface area (Å²) in [7, 11) is 6.85. The standard InChI is InChI=1S/C48H73N7O6S/c1-12-32(6)43(54(9)48(59)41(30(2)3)52-46(58)42(31(4)5)53(8)29-35-20-22-36(49)23-21-35)39(60-10)28-40(56)55-25-16-19-38(55)44(61-11)33(7)45(57)51-37(47-50-24-26-62-47)27-34-17-14-13-15-18-34/h13-15,17-18,20-24,26,30-33,37-39,41-44H,12,16,19,25,27-29,49H2,1-11H3,(H,51,57)(H,52,58)/t32-,33+,37-,38?,39+,41?,42?,43-,44+/m0/s1. The van der Waals surface area contributed by atoms with E-state index in [-0.39, 0.29) is 59.9 Å². The van der Waals surface area contributed by atoms with Gasteiger partial charge in [0.25, 0.3) is 0 Å². The highest BCUT2D eigenvalue weighted by molar-refractivity contribution is 7.09. The smallest absolute Gasteiger partial charge is 0.245 e. The molecule has 13 nitrogen and oxygen atoms in total. The number of carbonyl (C=O) groups excluding carboxylic acids is 4. The number of methoxy groups -OCH3 is 2. The summed E-state index contributed by atoms with van der Waals surface area (Å²) in [6, 6.07) is 15.2. The zero-order valence-corrected chi connectivity index (χ0v) is 39.7. The minimum atomic E-state index is -0.806. The van der Waals surface area contributed by atoms with Gasteiger partial charge in [0.05, 0.1) is 48.7 Å². The molecule has 0 aliphatic carbocycles. The van der Waals surface area contributed by atoms with Crippen LogP contribution in [0.2, 0.25) is 0 Å². The monoisotopic (exact) mass is 876 g/mol. The molecular weight excluding hydrogens is 803 g/mol. The molecule has 0 radical (unpaired) electrons. The third-order valence-electron chi connectivity index (χ3n) is 12.6. The van der Waals surface area contributed by atoms with Crippen LogP contribution in [0.4, 0.5) is 5.69 Å². The van der Waals surface area contributed by atoms with Gasteiger partial charge < -0.3 is 35.6 Å². The topological polar surface area (TPSA) is 159 Å². The molecule has 0 saturated carbocycles. The number of amides is 4. The van der Waals surface area contributed by atoms with Crippen LogP contribution in [0.3, 0.4) is 0 Å². The molecule has 342 valence electrons. The molecule has 3 aromatic rings. The number of ether oxygens (including phenoxy) is 2. The summed E-state index contributed by atoms with van der Waals surface area (Å²) >= 11 is 1.50. The SMILES string of the molecule is CC[C@H](C)[C@@H]([C@@H](CC(=O)N1CCCC1[C@H](OC)[C@@H](C)C(=O)N[C@@H](Cc1ccccc1)c1nccs1)OC)N(C)C(=O)C(NC(=O)C(C(C)C)N(C)Cc1ccc(N)cc1)C(C)C. The Hall–Kier alpha value is -4.37. The lowest BCUT2D eigenvalue weighted by Gasteiger charge is -2.41. The van der Waals surface area contributed by atoms with Gasteiger partial charge in [0.15, 0.2) is 0 Å². The molecule has 14 heteroatoms. The van der Waals surface area contributed by atoms with Gasteiger partial charge in [0, 0.05) is 51.6 Å². The van der Waals surface area contributed by atoms with Gasteiger partial charge in [0.1, 0.15) is 11.0 Å². The van der Waals surface area contributed by atoms with Crippen LogP contribution < -0.4 is 16.4 Å². The van der Waals surface area contributed by atoms with Crippen molar-refractivity contribution in [2.75, 3.05) is 40.6 Å². The van der Waals surface area contributed by atoms with Crippen LogP contribution in [-0.2, 0) is 41.6 Å². The van der Waals surface area contributed by atoms with Crippen LogP contribution in [0.5, 0.6) is 0 Å². The molecule has 4 amide bonds. The fraction of sp³-hybridized carbons (Fsp3) is 0.604. The fourth-order valence-corrected chi connectivity index (χ4v) is 9.75. The van der Waals surface area contributed by atoms with Gasteiger partial charge in [-0.15, -0.1) is 11.3 Å². The van der Waals surface area contributed by atoms with Crippen LogP contribution in [0, 0.1) is 23.7 Å². The maximum Gasteiger partial charge on any atom is 0.245 e. The number of nitrogen functional groups attached to an aromatic ring is 1. The minimum absolute atomic E-state index is 0.0316. The first-order valence-corrected chi connectivity index (χ1v) is 23.1. The van der Waals surface area contributed by atoms with Gasteiger partial charge in [-0.25, -0.2) is 4.98 Å². The van der Waals surface area contributed by atoms with Gasteiger partial charge in [-0.1, -0.05) is 97.4 Å². The number of anilines is 1. The Morgan fingerprint density at radius 3 is 2.15 bits per heavy atom. The van der Waals surface area contributed by atoms with Crippen LogP contribution in [0.25, 0.3) is 0 Å². The van der Waals surface area contributed by atoms with E-state index in [1.54, 1.807) is 32.4 Å². The molecule has 1 saturated heterocycles. The summed E-state index contributed by atoms with van der Waals surface area (Å²) in [5, 5.41) is 9.10. The molecular formula is C48H73N7O6S. The number of likely N-dealkylation sites (N-methyl/N-ethyl adjacent to an activating group) is 2. The molecule has 0 spiro atoms. The number of carbonyl (C=O) groups is 4. The van der Waals surface area contributed by atoms with Gasteiger partial charge in [0.2, 0.25) is 23.6 Å². The lowest BCUT2D eigenvalue weighted by molar-refractivity contribution is -0.148. The third-order valence-corrected chi connectivity index (χ3v) is 13.5. The van der Waals surface area contributed by atoms with Gasteiger partial charge in [-0.3, -0.25) is 24.1 Å². The summed E-state index contributed by atoms with van der Waals surface area (Å²) < 4.78 is 12.2. The normalized spacial score (nSPS) is 18.2. The zero-order chi connectivity index (χ0) is 45.7. The number of rotatable bonds is 23. The quantitative estimate of drug-likeness (QED) is 0.0925. The number of aromatic nitrogens is 1.